The summed E-state index contributed by atoms with van der Waals surface area (Å²) in [5.41, 5.74) is 5.84. The summed E-state index contributed by atoms with van der Waals surface area (Å²) in [6.45, 7) is 7.59. The molecule has 0 spiro atoms. The highest BCUT2D eigenvalue weighted by atomic mass is 32.1. The molecule has 0 aromatic heterocycles. The van der Waals surface area contributed by atoms with E-state index >= 15 is 0 Å². The van der Waals surface area contributed by atoms with Gasteiger partial charge in [0.15, 0.2) is 0 Å². The predicted octanol–water partition coefficient (Wildman–Crippen LogP) is -0.195. The van der Waals surface area contributed by atoms with Crippen LogP contribution in [0.3, 0.4) is 0 Å². The Labute approximate surface area is 183 Å². The lowest BCUT2D eigenvalue weighted by Crippen LogP contribution is -2.58. The molecule has 0 aromatic rings. The van der Waals surface area contributed by atoms with Gasteiger partial charge in [-0.2, -0.15) is 25.3 Å². The fourth-order valence-electron chi connectivity index (χ4n) is 2.52. The molecule has 168 valence electrons. The quantitative estimate of drug-likeness (QED) is 0.193. The minimum absolute atomic E-state index is 0.0103. The Morgan fingerprint density at radius 2 is 1.17 bits per heavy atom. The van der Waals surface area contributed by atoms with Crippen LogP contribution in [0, 0.1) is 11.8 Å². The predicted molar refractivity (Wildman–Crippen MR) is 118 cm³/mol. The van der Waals surface area contributed by atoms with Gasteiger partial charge in [-0.15, -0.1) is 0 Å². The average Bonchev–Trinajstić information content (AvgIpc) is 2.61. The third-order valence-electron chi connectivity index (χ3n) is 4.01. The number of rotatable bonds is 13. The first-order valence-corrected chi connectivity index (χ1v) is 10.8. The lowest BCUT2D eigenvalue weighted by Gasteiger charge is -2.25. The fourth-order valence-corrected chi connectivity index (χ4v) is 3.03. The Morgan fingerprint density at radius 1 is 0.759 bits per heavy atom. The number of aliphatic carboxylic acids is 1. The van der Waals surface area contributed by atoms with Crippen molar-refractivity contribution in [1.29, 1.82) is 0 Å². The zero-order chi connectivity index (χ0) is 22.7. The number of carbonyl (C=O) groups is 4. The molecule has 9 nitrogen and oxygen atoms in total. The molecule has 3 amide bonds. The second-order valence-corrected chi connectivity index (χ2v) is 8.48. The molecule has 0 saturated heterocycles. The first kappa shape index (κ1) is 27.5. The van der Waals surface area contributed by atoms with Crippen LogP contribution in [0.25, 0.3) is 0 Å². The van der Waals surface area contributed by atoms with Gasteiger partial charge in [0.1, 0.15) is 18.1 Å². The number of hydrogen-bond donors (Lipinski definition) is 7. The average molecular weight is 451 g/mol. The van der Waals surface area contributed by atoms with Crippen LogP contribution in [0.15, 0.2) is 0 Å². The number of carbonyl (C=O) groups excluding carboxylic acids is 3. The van der Waals surface area contributed by atoms with Crippen LogP contribution in [0.4, 0.5) is 0 Å². The van der Waals surface area contributed by atoms with E-state index in [1.54, 1.807) is 0 Å². The van der Waals surface area contributed by atoms with Gasteiger partial charge >= 0.3 is 5.97 Å². The number of nitrogens with two attached hydrogens (primary N) is 1. The molecule has 4 atom stereocenters. The van der Waals surface area contributed by atoms with E-state index in [9.17, 15) is 19.2 Å². The van der Waals surface area contributed by atoms with E-state index in [0.717, 1.165) is 0 Å². The largest absolute Gasteiger partial charge is 0.480 e. The van der Waals surface area contributed by atoms with Crippen molar-refractivity contribution in [2.45, 2.75) is 64.7 Å². The fraction of sp³-hybridized carbons (Fsp3) is 0.778. The van der Waals surface area contributed by atoms with Gasteiger partial charge in [-0.3, -0.25) is 14.4 Å². The van der Waals surface area contributed by atoms with Crippen LogP contribution in [0.1, 0.15) is 40.5 Å². The molecule has 0 aliphatic heterocycles. The normalized spacial score (nSPS) is 15.3. The van der Waals surface area contributed by atoms with E-state index in [2.05, 4.69) is 41.2 Å². The number of carboxylic acids is 1. The third kappa shape index (κ3) is 10.8. The number of amides is 3. The van der Waals surface area contributed by atoms with Crippen molar-refractivity contribution in [3.8, 4) is 0 Å². The van der Waals surface area contributed by atoms with Crippen molar-refractivity contribution in [3.05, 3.63) is 0 Å². The van der Waals surface area contributed by atoms with E-state index in [1.807, 2.05) is 27.7 Å². The first-order chi connectivity index (χ1) is 13.4. The zero-order valence-corrected chi connectivity index (χ0v) is 19.1. The molecule has 0 fully saturated rings. The Bertz CT molecular complexity index is 574. The summed E-state index contributed by atoms with van der Waals surface area (Å²) in [6.07, 6.45) is 0.752. The van der Waals surface area contributed by atoms with E-state index in [1.165, 1.54) is 0 Å². The van der Waals surface area contributed by atoms with E-state index in [4.69, 9.17) is 10.8 Å². The Kier molecular flexibility index (Phi) is 13.0. The molecule has 11 heteroatoms. The van der Waals surface area contributed by atoms with Crippen LogP contribution < -0.4 is 21.7 Å². The van der Waals surface area contributed by atoms with Crippen LogP contribution in [-0.4, -0.2) is 64.5 Å². The van der Waals surface area contributed by atoms with Crippen molar-refractivity contribution >= 4 is 48.9 Å². The number of nitrogens with one attached hydrogen (secondary N) is 3. The van der Waals surface area contributed by atoms with Gasteiger partial charge in [0.25, 0.3) is 0 Å². The molecule has 0 rings (SSSR count). The Balaban J connectivity index is 5.15. The molecular weight excluding hydrogens is 416 g/mol. The van der Waals surface area contributed by atoms with Crippen molar-refractivity contribution in [1.82, 2.24) is 16.0 Å². The van der Waals surface area contributed by atoms with Gasteiger partial charge in [-0.25, -0.2) is 4.79 Å². The van der Waals surface area contributed by atoms with Gasteiger partial charge in [0, 0.05) is 11.5 Å². The summed E-state index contributed by atoms with van der Waals surface area (Å²) in [5, 5.41) is 16.6. The number of thiol groups is 2. The summed E-state index contributed by atoms with van der Waals surface area (Å²) >= 11 is 8.02. The molecule has 29 heavy (non-hydrogen) atoms. The second kappa shape index (κ2) is 13.7. The molecule has 0 bridgehead atoms. The minimum atomic E-state index is -1.22. The molecule has 0 aliphatic rings. The second-order valence-electron chi connectivity index (χ2n) is 7.75. The zero-order valence-electron chi connectivity index (χ0n) is 17.3. The van der Waals surface area contributed by atoms with E-state index in [-0.39, 0.29) is 29.8 Å². The molecule has 0 radical (unpaired) electrons. The summed E-state index contributed by atoms with van der Waals surface area (Å²) in [6, 6.07) is -3.88. The maximum atomic E-state index is 12.6. The standard InChI is InChI=1S/C18H34N4O5S2/c1-9(2)5-11(19)15(23)21-13(7-28)17(25)20-12(6-10(3)4)16(24)22-14(8-29)18(26)27/h9-14,28-29H,5-8,19H2,1-4H3,(H,20,25)(H,21,23)(H,22,24)(H,26,27). The summed E-state index contributed by atoms with van der Waals surface area (Å²) in [7, 11) is 0. The topological polar surface area (TPSA) is 151 Å². The first-order valence-electron chi connectivity index (χ1n) is 9.54. The van der Waals surface area contributed by atoms with Gasteiger partial charge in [0.05, 0.1) is 6.04 Å². The Hall–Kier alpha value is -1.46. The molecule has 6 N–H and O–H groups in total. The molecular formula is C18H34N4O5S2. The van der Waals surface area contributed by atoms with Crippen molar-refractivity contribution in [3.63, 3.8) is 0 Å². The van der Waals surface area contributed by atoms with Crippen molar-refractivity contribution < 1.29 is 24.3 Å². The maximum absolute atomic E-state index is 12.6. The Morgan fingerprint density at radius 3 is 1.59 bits per heavy atom. The lowest BCUT2D eigenvalue weighted by molar-refractivity contribution is -0.141. The summed E-state index contributed by atoms with van der Waals surface area (Å²) in [5.74, 6) is -2.73. The van der Waals surface area contributed by atoms with Crippen LogP contribution in [0.2, 0.25) is 0 Å². The SMILES string of the molecule is CC(C)CC(N)C(=O)NC(CS)C(=O)NC(CC(C)C)C(=O)NC(CS)C(=O)O. The van der Waals surface area contributed by atoms with E-state index in [0.29, 0.717) is 6.42 Å². The third-order valence-corrected chi connectivity index (χ3v) is 4.75. The molecule has 0 heterocycles. The van der Waals surface area contributed by atoms with Gasteiger partial charge in [-0.1, -0.05) is 27.7 Å². The summed E-state index contributed by atoms with van der Waals surface area (Å²) < 4.78 is 0. The van der Waals surface area contributed by atoms with Gasteiger partial charge in [-0.05, 0) is 24.7 Å². The van der Waals surface area contributed by atoms with Gasteiger partial charge < -0.3 is 26.8 Å². The summed E-state index contributed by atoms with van der Waals surface area (Å²) in [4.78, 5) is 48.4. The molecule has 4 unspecified atom stereocenters. The number of hydrogen-bond acceptors (Lipinski definition) is 7. The highest BCUT2D eigenvalue weighted by Crippen LogP contribution is 2.07. The van der Waals surface area contributed by atoms with Crippen LogP contribution in [0.5, 0.6) is 0 Å². The highest BCUT2D eigenvalue weighted by Gasteiger charge is 2.30. The van der Waals surface area contributed by atoms with Gasteiger partial charge in [0.2, 0.25) is 17.7 Å². The smallest absolute Gasteiger partial charge is 0.327 e. The molecule has 0 saturated carbocycles. The highest BCUT2D eigenvalue weighted by molar-refractivity contribution is 7.80. The lowest BCUT2D eigenvalue weighted by atomic mass is 10.0. The molecule has 0 aromatic carbocycles. The van der Waals surface area contributed by atoms with Crippen molar-refractivity contribution in [2.75, 3.05) is 11.5 Å². The molecule has 0 aliphatic carbocycles. The van der Waals surface area contributed by atoms with E-state index < -0.39 is 47.9 Å². The minimum Gasteiger partial charge on any atom is -0.480 e. The number of carboxylic acid groups (broad SMARTS) is 1. The monoisotopic (exact) mass is 450 g/mol. The maximum Gasteiger partial charge on any atom is 0.327 e. The van der Waals surface area contributed by atoms with Crippen LogP contribution in [-0.2, 0) is 19.2 Å². The van der Waals surface area contributed by atoms with Crippen LogP contribution >= 0.6 is 25.3 Å². The van der Waals surface area contributed by atoms with Crippen molar-refractivity contribution in [2.24, 2.45) is 17.6 Å².